The van der Waals surface area contributed by atoms with Crippen molar-refractivity contribution in [1.29, 1.82) is 21.0 Å². The zero-order valence-corrected chi connectivity index (χ0v) is 15.2. The molecule has 0 atom stereocenters. The minimum atomic E-state index is -0.0181. The Labute approximate surface area is 168 Å². The number of aliphatic hydroxyl groups is 1. The Morgan fingerprint density at radius 2 is 1.10 bits per heavy atom. The topological polar surface area (TPSA) is 125 Å². The summed E-state index contributed by atoms with van der Waals surface area (Å²) in [7, 11) is 0. The molecule has 6 nitrogen and oxygen atoms in total. The molecule has 0 saturated carbocycles. The highest BCUT2D eigenvalue weighted by Gasteiger charge is 2.04. The average molecular weight is 378 g/mol. The minimum Gasteiger partial charge on any atom is -0.457 e. The Kier molecular flexibility index (Phi) is 7.50. The third-order valence-corrected chi connectivity index (χ3v) is 3.74. The van der Waals surface area contributed by atoms with Crippen LogP contribution in [0.3, 0.4) is 0 Å². The van der Waals surface area contributed by atoms with E-state index in [0.717, 1.165) is 5.56 Å². The van der Waals surface area contributed by atoms with Crippen LogP contribution in [0.5, 0.6) is 11.5 Å². The lowest BCUT2D eigenvalue weighted by Crippen LogP contribution is -1.89. The molecular formula is C23H14N4O2. The summed E-state index contributed by atoms with van der Waals surface area (Å²) in [5, 5.41) is 43.6. The molecule has 0 amide bonds. The van der Waals surface area contributed by atoms with Crippen LogP contribution in [0.4, 0.5) is 0 Å². The molecule has 0 aliphatic rings. The zero-order chi connectivity index (χ0) is 21.1. The van der Waals surface area contributed by atoms with Gasteiger partial charge in [-0.05, 0) is 48.0 Å². The first-order valence-corrected chi connectivity index (χ1v) is 8.36. The summed E-state index contributed by atoms with van der Waals surface area (Å²) >= 11 is 0. The Balaban J connectivity index is 0.000000253. The van der Waals surface area contributed by atoms with E-state index < -0.39 is 0 Å². The molecule has 0 fully saturated rings. The average Bonchev–Trinajstić information content (AvgIpc) is 2.79. The van der Waals surface area contributed by atoms with Crippen LogP contribution in [0, 0.1) is 45.3 Å². The van der Waals surface area contributed by atoms with Gasteiger partial charge >= 0.3 is 0 Å². The number of hydrogen-bond acceptors (Lipinski definition) is 6. The van der Waals surface area contributed by atoms with Crippen molar-refractivity contribution in [3.63, 3.8) is 0 Å². The van der Waals surface area contributed by atoms with E-state index in [1.165, 1.54) is 6.07 Å². The fourth-order valence-electron chi connectivity index (χ4n) is 2.25. The van der Waals surface area contributed by atoms with Crippen molar-refractivity contribution < 1.29 is 9.84 Å². The molecule has 3 aromatic carbocycles. The van der Waals surface area contributed by atoms with Crippen LogP contribution in [-0.4, -0.2) is 5.11 Å². The van der Waals surface area contributed by atoms with Gasteiger partial charge in [0, 0.05) is 0 Å². The predicted octanol–water partition coefficient (Wildman–Crippen LogP) is 4.14. The third kappa shape index (κ3) is 5.68. The van der Waals surface area contributed by atoms with E-state index in [1.54, 1.807) is 60.7 Å². The predicted molar refractivity (Wildman–Crippen MR) is 104 cm³/mol. The Morgan fingerprint density at radius 1 is 0.621 bits per heavy atom. The molecule has 3 rings (SSSR count). The largest absolute Gasteiger partial charge is 0.457 e. The number of ether oxygens (including phenoxy) is 1. The molecule has 3 aromatic rings. The molecule has 0 aliphatic heterocycles. The standard InChI is InChI=1S/C15H10N2O2.C8H4N2/c16-8-12-3-6-15(7-13(12)9-17)19-14-4-1-11(10-18)2-5-14;9-5-7-3-1-2-4-8(7)6-10/h1-7,18H,10H2;1-4H. The van der Waals surface area contributed by atoms with Gasteiger partial charge in [0.05, 0.1) is 28.9 Å². The quantitative estimate of drug-likeness (QED) is 0.730. The molecule has 0 radical (unpaired) electrons. The summed E-state index contributed by atoms with van der Waals surface area (Å²) in [5.41, 5.74) is 2.28. The maximum Gasteiger partial charge on any atom is 0.128 e. The number of benzene rings is 3. The monoisotopic (exact) mass is 378 g/mol. The SMILES string of the molecule is N#Cc1ccc(Oc2ccc(CO)cc2)cc1C#N.N#Cc1ccccc1C#N. The van der Waals surface area contributed by atoms with Gasteiger partial charge in [-0.2, -0.15) is 21.0 Å². The van der Waals surface area contributed by atoms with Crippen molar-refractivity contribution in [1.82, 2.24) is 0 Å². The van der Waals surface area contributed by atoms with Crippen LogP contribution < -0.4 is 4.74 Å². The van der Waals surface area contributed by atoms with Crippen LogP contribution in [0.1, 0.15) is 27.8 Å². The van der Waals surface area contributed by atoms with E-state index in [0.29, 0.717) is 28.2 Å². The Bertz CT molecular complexity index is 1120. The Hall–Kier alpha value is -4.62. The van der Waals surface area contributed by atoms with Crippen LogP contribution >= 0.6 is 0 Å². The first kappa shape index (κ1) is 20.7. The molecular weight excluding hydrogens is 364 g/mol. The molecule has 0 saturated heterocycles. The maximum absolute atomic E-state index is 8.94. The van der Waals surface area contributed by atoms with Gasteiger partial charge < -0.3 is 9.84 Å². The Morgan fingerprint density at radius 3 is 1.59 bits per heavy atom. The lowest BCUT2D eigenvalue weighted by atomic mass is 10.1. The van der Waals surface area contributed by atoms with E-state index in [1.807, 2.05) is 24.3 Å². The van der Waals surface area contributed by atoms with Crippen molar-refractivity contribution in [2.45, 2.75) is 6.61 Å². The minimum absolute atomic E-state index is 0.0181. The van der Waals surface area contributed by atoms with Crippen molar-refractivity contribution in [3.05, 3.63) is 94.5 Å². The highest BCUT2D eigenvalue weighted by molar-refractivity contribution is 5.50. The summed E-state index contributed by atoms with van der Waals surface area (Å²) in [4.78, 5) is 0. The van der Waals surface area contributed by atoms with Crippen LogP contribution in [-0.2, 0) is 6.61 Å². The summed E-state index contributed by atoms with van der Waals surface area (Å²) in [6, 6.07) is 26.2. The second-order valence-electron chi connectivity index (χ2n) is 5.60. The number of hydrogen-bond donors (Lipinski definition) is 1. The molecule has 0 spiro atoms. The van der Waals surface area contributed by atoms with Gasteiger partial charge in [-0.25, -0.2) is 0 Å². The molecule has 138 valence electrons. The van der Waals surface area contributed by atoms with Gasteiger partial charge in [-0.3, -0.25) is 0 Å². The van der Waals surface area contributed by atoms with E-state index in [-0.39, 0.29) is 12.2 Å². The first-order valence-electron chi connectivity index (χ1n) is 8.36. The molecule has 1 N–H and O–H groups in total. The molecule has 0 unspecified atom stereocenters. The smallest absolute Gasteiger partial charge is 0.128 e. The van der Waals surface area contributed by atoms with Gasteiger partial charge in [0.2, 0.25) is 0 Å². The second-order valence-corrected chi connectivity index (χ2v) is 5.60. The second kappa shape index (κ2) is 10.5. The zero-order valence-electron chi connectivity index (χ0n) is 15.2. The van der Waals surface area contributed by atoms with Crippen LogP contribution in [0.25, 0.3) is 0 Å². The van der Waals surface area contributed by atoms with Gasteiger partial charge in [-0.15, -0.1) is 0 Å². The van der Waals surface area contributed by atoms with Crippen molar-refractivity contribution in [2.24, 2.45) is 0 Å². The third-order valence-electron chi connectivity index (χ3n) is 3.74. The lowest BCUT2D eigenvalue weighted by molar-refractivity contribution is 0.281. The number of nitrogens with zero attached hydrogens (tertiary/aromatic N) is 4. The highest BCUT2D eigenvalue weighted by Crippen LogP contribution is 2.24. The van der Waals surface area contributed by atoms with Gasteiger partial charge in [-0.1, -0.05) is 24.3 Å². The molecule has 29 heavy (non-hydrogen) atoms. The fourth-order valence-corrected chi connectivity index (χ4v) is 2.25. The molecule has 6 heteroatoms. The van der Waals surface area contributed by atoms with E-state index >= 15 is 0 Å². The van der Waals surface area contributed by atoms with E-state index in [2.05, 4.69) is 0 Å². The van der Waals surface area contributed by atoms with Gasteiger partial charge in [0.15, 0.2) is 0 Å². The van der Waals surface area contributed by atoms with E-state index in [4.69, 9.17) is 30.9 Å². The number of nitriles is 4. The summed E-state index contributed by atoms with van der Waals surface area (Å²) < 4.78 is 5.58. The van der Waals surface area contributed by atoms with E-state index in [9.17, 15) is 0 Å². The summed E-state index contributed by atoms with van der Waals surface area (Å²) in [5.74, 6) is 1.10. The normalized spacial score (nSPS) is 8.86. The van der Waals surface area contributed by atoms with Gasteiger partial charge in [0.25, 0.3) is 0 Å². The molecule has 0 aromatic heterocycles. The number of rotatable bonds is 3. The van der Waals surface area contributed by atoms with Crippen LogP contribution in [0.15, 0.2) is 66.7 Å². The van der Waals surface area contributed by atoms with Gasteiger partial charge in [0.1, 0.15) is 35.8 Å². The fraction of sp³-hybridized carbons (Fsp3) is 0.0435. The molecule has 0 bridgehead atoms. The highest BCUT2D eigenvalue weighted by atomic mass is 16.5. The van der Waals surface area contributed by atoms with Crippen molar-refractivity contribution in [3.8, 4) is 35.8 Å². The first-order chi connectivity index (χ1) is 14.1. The van der Waals surface area contributed by atoms with Crippen molar-refractivity contribution in [2.75, 3.05) is 0 Å². The summed E-state index contributed by atoms with van der Waals surface area (Å²) in [6.07, 6.45) is 0. The molecule has 0 heterocycles. The van der Waals surface area contributed by atoms with Crippen molar-refractivity contribution >= 4 is 0 Å². The number of aliphatic hydroxyl groups excluding tert-OH is 1. The van der Waals surface area contributed by atoms with Crippen LogP contribution in [0.2, 0.25) is 0 Å². The summed E-state index contributed by atoms with van der Waals surface area (Å²) in [6.45, 7) is -0.0181. The lowest BCUT2D eigenvalue weighted by Gasteiger charge is -2.07. The maximum atomic E-state index is 8.94. The molecule has 0 aliphatic carbocycles.